The summed E-state index contributed by atoms with van der Waals surface area (Å²) in [4.78, 5) is 0. The van der Waals surface area contributed by atoms with Gasteiger partial charge in [-0.15, -0.1) is 23.4 Å². The summed E-state index contributed by atoms with van der Waals surface area (Å²) >= 11 is 0. The Morgan fingerprint density at radius 1 is 0.920 bits per heavy atom. The molecule has 2 aromatic heterocycles. The Labute approximate surface area is 133 Å². The van der Waals surface area contributed by atoms with Crippen molar-refractivity contribution in [3.63, 3.8) is 0 Å². The van der Waals surface area contributed by atoms with Crippen LogP contribution in [0.2, 0.25) is 0 Å². The molecular formula is C13H5F7N4O. The van der Waals surface area contributed by atoms with Crippen LogP contribution in [-0.4, -0.2) is 26.2 Å². The second-order valence-corrected chi connectivity index (χ2v) is 4.70. The monoisotopic (exact) mass is 366 g/mol. The van der Waals surface area contributed by atoms with Crippen LogP contribution in [0.4, 0.5) is 30.7 Å². The van der Waals surface area contributed by atoms with Gasteiger partial charge in [0.2, 0.25) is 0 Å². The highest BCUT2D eigenvalue weighted by atomic mass is 19.4. The number of ether oxygens (including phenoxy) is 1. The van der Waals surface area contributed by atoms with Gasteiger partial charge in [-0.2, -0.15) is 22.8 Å². The van der Waals surface area contributed by atoms with Crippen LogP contribution in [0.1, 0.15) is 5.82 Å². The number of nitrogens with zero attached hydrogens (tertiary/aromatic N) is 4. The second kappa shape index (κ2) is 5.57. The highest BCUT2D eigenvalue weighted by molar-refractivity contribution is 5.63. The van der Waals surface area contributed by atoms with E-state index in [1.54, 1.807) is 0 Å². The predicted molar refractivity (Wildman–Crippen MR) is 67.9 cm³/mol. The molecule has 0 N–H and O–H groups in total. The average molecular weight is 366 g/mol. The van der Waals surface area contributed by atoms with E-state index in [4.69, 9.17) is 0 Å². The summed E-state index contributed by atoms with van der Waals surface area (Å²) in [5, 5.41) is 9.78. The van der Waals surface area contributed by atoms with Crippen molar-refractivity contribution in [1.82, 2.24) is 19.8 Å². The SMILES string of the molecule is Fc1ccc(OC(F)(F)F)cc1-c1ccc2nnc(C(F)(F)F)n2n1. The summed E-state index contributed by atoms with van der Waals surface area (Å²) in [6, 6.07) is 4.25. The molecule has 132 valence electrons. The summed E-state index contributed by atoms with van der Waals surface area (Å²) < 4.78 is 93.1. The lowest BCUT2D eigenvalue weighted by Crippen LogP contribution is -2.17. The zero-order valence-corrected chi connectivity index (χ0v) is 11.7. The molecule has 3 aromatic rings. The van der Waals surface area contributed by atoms with E-state index in [1.165, 1.54) is 0 Å². The molecule has 1 aromatic carbocycles. The molecule has 3 rings (SSSR count). The zero-order chi connectivity index (χ0) is 18.4. The van der Waals surface area contributed by atoms with Crippen molar-refractivity contribution in [3.8, 4) is 17.0 Å². The fourth-order valence-electron chi connectivity index (χ4n) is 2.01. The number of hydrogen-bond acceptors (Lipinski definition) is 4. The zero-order valence-electron chi connectivity index (χ0n) is 11.7. The summed E-state index contributed by atoms with van der Waals surface area (Å²) in [5.74, 6) is -3.19. The van der Waals surface area contributed by atoms with Crippen molar-refractivity contribution >= 4 is 5.65 Å². The van der Waals surface area contributed by atoms with Crippen molar-refractivity contribution in [2.75, 3.05) is 0 Å². The average Bonchev–Trinajstić information content (AvgIpc) is 2.90. The Balaban J connectivity index is 2.11. The molecule has 5 nitrogen and oxygen atoms in total. The van der Waals surface area contributed by atoms with Gasteiger partial charge in [0.25, 0.3) is 5.82 Å². The maximum atomic E-state index is 13.9. The lowest BCUT2D eigenvalue weighted by atomic mass is 10.1. The van der Waals surface area contributed by atoms with Crippen LogP contribution in [0.3, 0.4) is 0 Å². The largest absolute Gasteiger partial charge is 0.573 e. The maximum Gasteiger partial charge on any atom is 0.573 e. The topological polar surface area (TPSA) is 52.3 Å². The number of aromatic nitrogens is 4. The van der Waals surface area contributed by atoms with Crippen LogP contribution in [0.15, 0.2) is 30.3 Å². The highest BCUT2D eigenvalue weighted by Gasteiger charge is 2.37. The second-order valence-electron chi connectivity index (χ2n) is 4.70. The number of benzene rings is 1. The smallest absolute Gasteiger partial charge is 0.406 e. The van der Waals surface area contributed by atoms with E-state index in [0.29, 0.717) is 16.6 Å². The third-order valence-electron chi connectivity index (χ3n) is 2.96. The van der Waals surface area contributed by atoms with E-state index < -0.39 is 35.5 Å². The van der Waals surface area contributed by atoms with E-state index in [9.17, 15) is 30.7 Å². The van der Waals surface area contributed by atoms with Gasteiger partial charge in [-0.3, -0.25) is 0 Å². The Bertz CT molecular complexity index is 932. The first-order valence-electron chi connectivity index (χ1n) is 6.40. The van der Waals surface area contributed by atoms with E-state index >= 15 is 0 Å². The molecule has 2 heterocycles. The lowest BCUT2D eigenvalue weighted by Gasteiger charge is -2.11. The molecular weight excluding hydrogens is 361 g/mol. The molecule has 0 saturated heterocycles. The van der Waals surface area contributed by atoms with Gasteiger partial charge in [-0.25, -0.2) is 4.39 Å². The molecule has 0 unspecified atom stereocenters. The first-order valence-corrected chi connectivity index (χ1v) is 6.40. The molecule has 0 radical (unpaired) electrons. The quantitative estimate of drug-likeness (QED) is 0.647. The molecule has 0 spiro atoms. The standard InChI is InChI=1S/C13H5F7N4O/c14-8-2-1-6(25-13(18,19)20)5-7(8)9-3-4-10-21-22-11(12(15,16)17)24(10)23-9/h1-5H. The van der Waals surface area contributed by atoms with Gasteiger partial charge in [0, 0.05) is 5.56 Å². The fraction of sp³-hybridized carbons (Fsp3) is 0.154. The van der Waals surface area contributed by atoms with Gasteiger partial charge in [0.1, 0.15) is 11.6 Å². The van der Waals surface area contributed by atoms with Crippen molar-refractivity contribution in [2.45, 2.75) is 12.5 Å². The normalized spacial score (nSPS) is 12.6. The summed E-state index contributed by atoms with van der Waals surface area (Å²) in [6.45, 7) is 0. The minimum Gasteiger partial charge on any atom is -0.406 e. The van der Waals surface area contributed by atoms with Gasteiger partial charge >= 0.3 is 12.5 Å². The maximum absolute atomic E-state index is 13.9. The highest BCUT2D eigenvalue weighted by Crippen LogP contribution is 2.31. The van der Waals surface area contributed by atoms with Gasteiger partial charge in [0.05, 0.1) is 5.69 Å². The third kappa shape index (κ3) is 3.46. The number of alkyl halides is 6. The van der Waals surface area contributed by atoms with Crippen molar-refractivity contribution in [2.24, 2.45) is 0 Å². The van der Waals surface area contributed by atoms with Crippen molar-refractivity contribution < 1.29 is 35.5 Å². The molecule has 0 amide bonds. The number of halogens is 7. The first-order chi connectivity index (χ1) is 11.5. The van der Waals surface area contributed by atoms with Gasteiger partial charge in [0.15, 0.2) is 5.65 Å². The van der Waals surface area contributed by atoms with Crippen LogP contribution < -0.4 is 4.74 Å². The molecule has 0 aliphatic rings. The summed E-state index contributed by atoms with van der Waals surface area (Å²) in [7, 11) is 0. The molecule has 0 fully saturated rings. The number of rotatable bonds is 2. The van der Waals surface area contributed by atoms with Gasteiger partial charge in [-0.1, -0.05) is 0 Å². The molecule has 12 heteroatoms. The number of fused-ring (bicyclic) bond motifs is 1. The summed E-state index contributed by atoms with van der Waals surface area (Å²) in [6.07, 6.45) is -9.88. The van der Waals surface area contributed by atoms with Crippen LogP contribution in [0, 0.1) is 5.82 Å². The molecule has 0 aliphatic carbocycles. The van der Waals surface area contributed by atoms with Crippen molar-refractivity contribution in [3.05, 3.63) is 42.0 Å². The minimum absolute atomic E-state index is 0.265. The molecule has 0 saturated carbocycles. The van der Waals surface area contributed by atoms with E-state index in [-0.39, 0.29) is 11.3 Å². The van der Waals surface area contributed by atoms with Crippen LogP contribution in [-0.2, 0) is 6.18 Å². The third-order valence-corrected chi connectivity index (χ3v) is 2.96. The van der Waals surface area contributed by atoms with Crippen LogP contribution in [0.25, 0.3) is 16.9 Å². The van der Waals surface area contributed by atoms with Crippen molar-refractivity contribution in [1.29, 1.82) is 0 Å². The predicted octanol–water partition coefficient (Wildman–Crippen LogP) is 3.85. The van der Waals surface area contributed by atoms with E-state index in [1.807, 2.05) is 0 Å². The lowest BCUT2D eigenvalue weighted by molar-refractivity contribution is -0.274. The van der Waals surface area contributed by atoms with Crippen LogP contribution >= 0.6 is 0 Å². The van der Waals surface area contributed by atoms with E-state index in [2.05, 4.69) is 20.0 Å². The van der Waals surface area contributed by atoms with Gasteiger partial charge in [-0.05, 0) is 30.3 Å². The Morgan fingerprint density at radius 2 is 1.64 bits per heavy atom. The Kier molecular flexibility index (Phi) is 3.77. The first kappa shape index (κ1) is 16.9. The minimum atomic E-state index is -5.01. The fourth-order valence-corrected chi connectivity index (χ4v) is 2.01. The molecule has 25 heavy (non-hydrogen) atoms. The van der Waals surface area contributed by atoms with Gasteiger partial charge < -0.3 is 4.74 Å². The molecule has 0 bridgehead atoms. The Hall–Kier alpha value is -2.92. The Morgan fingerprint density at radius 3 is 2.28 bits per heavy atom. The molecule has 0 atom stereocenters. The van der Waals surface area contributed by atoms with Crippen LogP contribution in [0.5, 0.6) is 5.75 Å². The summed E-state index contributed by atoms with van der Waals surface area (Å²) in [5.41, 5.74) is -1.10. The van der Waals surface area contributed by atoms with E-state index in [0.717, 1.165) is 18.2 Å². The molecule has 0 aliphatic heterocycles. The number of hydrogen-bond donors (Lipinski definition) is 0.